The van der Waals surface area contributed by atoms with Crippen molar-refractivity contribution in [2.45, 2.75) is 83.0 Å². The van der Waals surface area contributed by atoms with Gasteiger partial charge in [-0.05, 0) is 56.6 Å². The van der Waals surface area contributed by atoms with Crippen molar-refractivity contribution in [1.82, 2.24) is 16.0 Å². The monoisotopic (exact) mass is 535 g/mol. The SMILES string of the molecule is CC(C)C[C@H](NC(=O)[C@@H](N)Cc1ccccc1)C(=O)N[C@@H](CCC(=O)O)C(=O)N[C@@H](CCCCN)C(=O)O. The topological polar surface area (TPSA) is 214 Å². The molecule has 0 saturated carbocycles. The summed E-state index contributed by atoms with van der Waals surface area (Å²) in [5, 5.41) is 26.1. The van der Waals surface area contributed by atoms with E-state index in [-0.39, 0.29) is 31.6 Å². The Balaban J connectivity index is 2.97. The van der Waals surface area contributed by atoms with Crippen LogP contribution in [0.4, 0.5) is 0 Å². The van der Waals surface area contributed by atoms with Gasteiger partial charge in [-0.1, -0.05) is 44.2 Å². The standard InChI is InChI=1S/C26H41N5O7/c1-16(2)14-21(31-23(34)18(28)15-17-8-4-3-5-9-17)25(36)29-19(11-12-22(32)33)24(35)30-20(26(37)38)10-6-7-13-27/h3-5,8-9,16,18-21H,6-7,10-15,27-28H2,1-2H3,(H,29,36)(H,30,35)(H,31,34)(H,32,33)(H,37,38)/t18-,19-,20-,21-/m0/s1. The van der Waals surface area contributed by atoms with Crippen molar-refractivity contribution in [3.05, 3.63) is 35.9 Å². The second kappa shape index (κ2) is 17.1. The molecule has 9 N–H and O–H groups in total. The third-order valence-electron chi connectivity index (χ3n) is 5.82. The molecule has 1 aromatic rings. The smallest absolute Gasteiger partial charge is 0.326 e. The number of aliphatic carboxylic acids is 2. The number of nitrogens with two attached hydrogens (primary N) is 2. The zero-order valence-corrected chi connectivity index (χ0v) is 22.0. The fourth-order valence-corrected chi connectivity index (χ4v) is 3.77. The Morgan fingerprint density at radius 2 is 1.39 bits per heavy atom. The van der Waals surface area contributed by atoms with Gasteiger partial charge in [0.1, 0.15) is 18.1 Å². The van der Waals surface area contributed by atoms with Crippen LogP contribution in [0.25, 0.3) is 0 Å². The average Bonchev–Trinajstić information content (AvgIpc) is 2.85. The van der Waals surface area contributed by atoms with E-state index in [1.807, 2.05) is 44.2 Å². The van der Waals surface area contributed by atoms with Crippen molar-refractivity contribution in [3.8, 4) is 0 Å². The minimum atomic E-state index is -1.32. The number of amides is 3. The lowest BCUT2D eigenvalue weighted by molar-refractivity contribution is -0.143. The molecule has 38 heavy (non-hydrogen) atoms. The highest BCUT2D eigenvalue weighted by Gasteiger charge is 2.31. The second-order valence-electron chi connectivity index (χ2n) is 9.66. The molecule has 0 aromatic heterocycles. The van der Waals surface area contributed by atoms with Crippen molar-refractivity contribution in [1.29, 1.82) is 0 Å². The summed E-state index contributed by atoms with van der Waals surface area (Å²) in [6.45, 7) is 4.07. The van der Waals surface area contributed by atoms with E-state index in [0.717, 1.165) is 5.56 Å². The Bertz CT molecular complexity index is 926. The van der Waals surface area contributed by atoms with Crippen LogP contribution in [0.2, 0.25) is 0 Å². The van der Waals surface area contributed by atoms with Gasteiger partial charge >= 0.3 is 11.9 Å². The summed E-state index contributed by atoms with van der Waals surface area (Å²) in [7, 11) is 0. The van der Waals surface area contributed by atoms with E-state index in [2.05, 4.69) is 16.0 Å². The van der Waals surface area contributed by atoms with Gasteiger partial charge in [0.05, 0.1) is 6.04 Å². The normalized spacial score (nSPS) is 14.1. The first-order valence-corrected chi connectivity index (χ1v) is 12.8. The van der Waals surface area contributed by atoms with E-state index in [1.54, 1.807) is 0 Å². The van der Waals surface area contributed by atoms with Gasteiger partial charge in [-0.25, -0.2) is 4.79 Å². The molecule has 1 aromatic carbocycles. The van der Waals surface area contributed by atoms with Crippen LogP contribution in [0.5, 0.6) is 0 Å². The maximum Gasteiger partial charge on any atom is 0.326 e. The first-order chi connectivity index (χ1) is 17.9. The predicted octanol–water partition coefficient (Wildman–Crippen LogP) is 0.135. The van der Waals surface area contributed by atoms with E-state index in [9.17, 15) is 29.1 Å². The number of nitrogens with one attached hydrogen (secondary N) is 3. The Kier molecular flexibility index (Phi) is 14.6. The zero-order chi connectivity index (χ0) is 28.7. The Hall–Kier alpha value is -3.51. The van der Waals surface area contributed by atoms with E-state index >= 15 is 0 Å². The lowest BCUT2D eigenvalue weighted by Gasteiger charge is -2.26. The largest absolute Gasteiger partial charge is 0.481 e. The van der Waals surface area contributed by atoms with Gasteiger partial charge in [0.2, 0.25) is 17.7 Å². The Morgan fingerprint density at radius 3 is 1.95 bits per heavy atom. The van der Waals surface area contributed by atoms with E-state index in [0.29, 0.717) is 19.4 Å². The molecule has 0 bridgehead atoms. The summed E-state index contributed by atoms with van der Waals surface area (Å²) >= 11 is 0. The number of benzene rings is 1. The van der Waals surface area contributed by atoms with Crippen LogP contribution in [0.15, 0.2) is 30.3 Å². The average molecular weight is 536 g/mol. The molecule has 12 heteroatoms. The van der Waals surface area contributed by atoms with Crippen molar-refractivity contribution >= 4 is 29.7 Å². The minimum absolute atomic E-state index is 0.0124. The zero-order valence-electron chi connectivity index (χ0n) is 22.0. The highest BCUT2D eigenvalue weighted by atomic mass is 16.4. The number of carboxylic acid groups (broad SMARTS) is 2. The van der Waals surface area contributed by atoms with Crippen molar-refractivity contribution in [3.63, 3.8) is 0 Å². The lowest BCUT2D eigenvalue weighted by atomic mass is 10.0. The fourth-order valence-electron chi connectivity index (χ4n) is 3.77. The third-order valence-corrected chi connectivity index (χ3v) is 5.82. The maximum absolute atomic E-state index is 13.2. The molecule has 0 saturated heterocycles. The molecule has 0 aliphatic heterocycles. The van der Waals surface area contributed by atoms with Gasteiger partial charge in [-0.2, -0.15) is 0 Å². The van der Waals surface area contributed by atoms with Crippen molar-refractivity contribution < 1.29 is 34.2 Å². The van der Waals surface area contributed by atoms with E-state index < -0.39 is 60.2 Å². The molecular formula is C26H41N5O7. The maximum atomic E-state index is 13.2. The van der Waals surface area contributed by atoms with Crippen LogP contribution >= 0.6 is 0 Å². The summed E-state index contributed by atoms with van der Waals surface area (Å²) in [6, 6.07) is 4.65. The van der Waals surface area contributed by atoms with Crippen molar-refractivity contribution in [2.75, 3.05) is 6.54 Å². The molecule has 3 amide bonds. The van der Waals surface area contributed by atoms with Gasteiger partial charge in [-0.3, -0.25) is 19.2 Å². The summed E-state index contributed by atoms with van der Waals surface area (Å²) in [5.74, 6) is -4.52. The van der Waals surface area contributed by atoms with Crippen LogP contribution in [0, 0.1) is 5.92 Å². The second-order valence-corrected chi connectivity index (χ2v) is 9.66. The number of unbranched alkanes of at least 4 members (excludes halogenated alkanes) is 1. The quantitative estimate of drug-likeness (QED) is 0.127. The highest BCUT2D eigenvalue weighted by molar-refractivity contribution is 5.94. The van der Waals surface area contributed by atoms with Crippen molar-refractivity contribution in [2.24, 2.45) is 17.4 Å². The molecule has 12 nitrogen and oxygen atoms in total. The number of carbonyl (C=O) groups is 5. The summed E-state index contributed by atoms with van der Waals surface area (Å²) in [4.78, 5) is 61.6. The van der Waals surface area contributed by atoms with Gasteiger partial charge in [0.15, 0.2) is 0 Å². The number of hydrogen-bond donors (Lipinski definition) is 7. The van der Waals surface area contributed by atoms with Gasteiger partial charge in [-0.15, -0.1) is 0 Å². The Morgan fingerprint density at radius 1 is 0.816 bits per heavy atom. The molecule has 212 valence electrons. The summed E-state index contributed by atoms with van der Waals surface area (Å²) in [5.41, 5.74) is 12.3. The van der Waals surface area contributed by atoms with Crippen LogP contribution in [0.1, 0.15) is 57.9 Å². The molecule has 0 aliphatic rings. The first kappa shape index (κ1) is 32.5. The molecule has 0 fully saturated rings. The Labute approximate surface area is 222 Å². The van der Waals surface area contributed by atoms with Gasteiger partial charge in [0, 0.05) is 6.42 Å². The molecule has 4 atom stereocenters. The summed E-state index contributed by atoms with van der Waals surface area (Å²) < 4.78 is 0. The predicted molar refractivity (Wildman–Crippen MR) is 141 cm³/mol. The number of carbonyl (C=O) groups excluding carboxylic acids is 3. The molecule has 0 aliphatic carbocycles. The molecule has 0 spiro atoms. The molecule has 0 radical (unpaired) electrons. The fraction of sp³-hybridized carbons (Fsp3) is 0.577. The number of rotatable bonds is 18. The molecular weight excluding hydrogens is 494 g/mol. The third kappa shape index (κ3) is 12.6. The number of carboxylic acids is 2. The molecule has 0 heterocycles. The summed E-state index contributed by atoms with van der Waals surface area (Å²) in [6.07, 6.45) is 0.952. The minimum Gasteiger partial charge on any atom is -0.481 e. The molecule has 1 rings (SSSR count). The van der Waals surface area contributed by atoms with Crippen LogP contribution in [-0.4, -0.2) is 70.6 Å². The van der Waals surface area contributed by atoms with Crippen LogP contribution < -0.4 is 27.4 Å². The van der Waals surface area contributed by atoms with Crippen LogP contribution in [-0.2, 0) is 30.4 Å². The van der Waals surface area contributed by atoms with Gasteiger partial charge < -0.3 is 37.6 Å². The van der Waals surface area contributed by atoms with Gasteiger partial charge in [0.25, 0.3) is 0 Å². The number of hydrogen-bond acceptors (Lipinski definition) is 7. The lowest BCUT2D eigenvalue weighted by Crippen LogP contribution is -2.57. The van der Waals surface area contributed by atoms with Crippen LogP contribution in [0.3, 0.4) is 0 Å². The highest BCUT2D eigenvalue weighted by Crippen LogP contribution is 2.09. The van der Waals surface area contributed by atoms with E-state index in [1.165, 1.54) is 0 Å². The van der Waals surface area contributed by atoms with E-state index in [4.69, 9.17) is 16.6 Å². The first-order valence-electron chi connectivity index (χ1n) is 12.8. The molecule has 0 unspecified atom stereocenters.